The molecule has 130 valence electrons. The molecule has 0 fully saturated rings. The Morgan fingerprint density at radius 3 is 2.65 bits per heavy atom. The van der Waals surface area contributed by atoms with Crippen LogP contribution in [0.2, 0.25) is 0 Å². The number of furan rings is 1. The van der Waals surface area contributed by atoms with Crippen LogP contribution in [0.1, 0.15) is 16.1 Å². The fourth-order valence-electron chi connectivity index (χ4n) is 2.31. The number of carbonyl (C=O) groups excluding carboxylic acids is 1. The number of hydrogen-bond acceptors (Lipinski definition) is 4. The zero-order valence-corrected chi connectivity index (χ0v) is 14.2. The van der Waals surface area contributed by atoms with E-state index < -0.39 is 11.9 Å². The first-order valence-electron chi connectivity index (χ1n) is 7.63. The minimum atomic E-state index is -1.03. The smallest absolute Gasteiger partial charge is 0.328 e. The van der Waals surface area contributed by atoms with Crippen molar-refractivity contribution >= 4 is 51.9 Å². The molecule has 7 heteroatoms. The van der Waals surface area contributed by atoms with E-state index in [0.717, 1.165) is 11.5 Å². The molecule has 0 atom stereocenters. The van der Waals surface area contributed by atoms with Crippen LogP contribution in [0.3, 0.4) is 0 Å². The average molecular weight is 366 g/mol. The minimum absolute atomic E-state index is 0.106. The summed E-state index contributed by atoms with van der Waals surface area (Å²) in [4.78, 5) is 22.8. The zero-order valence-electron chi connectivity index (χ0n) is 13.4. The lowest BCUT2D eigenvalue weighted by molar-refractivity contribution is -0.131. The summed E-state index contributed by atoms with van der Waals surface area (Å²) in [7, 11) is 0. The molecule has 0 bridgehead atoms. The van der Waals surface area contributed by atoms with Gasteiger partial charge in [-0.05, 0) is 48.1 Å². The van der Waals surface area contributed by atoms with Gasteiger partial charge in [0, 0.05) is 17.1 Å². The maximum Gasteiger partial charge on any atom is 0.328 e. The molecule has 0 unspecified atom stereocenters. The molecule has 0 saturated heterocycles. The highest BCUT2D eigenvalue weighted by molar-refractivity contribution is 7.80. The van der Waals surface area contributed by atoms with E-state index in [-0.39, 0.29) is 10.9 Å². The van der Waals surface area contributed by atoms with Crippen LogP contribution in [0, 0.1) is 0 Å². The highest BCUT2D eigenvalue weighted by Crippen LogP contribution is 2.18. The fourth-order valence-corrected chi connectivity index (χ4v) is 2.52. The first kappa shape index (κ1) is 17.4. The number of thiocarbonyl (C=S) groups is 1. The number of aliphatic carboxylic acids is 1. The fraction of sp³-hybridized carbons (Fsp3) is 0. The number of amides is 1. The molecule has 3 aromatic rings. The molecular formula is C19H14N2O4S. The van der Waals surface area contributed by atoms with Crippen molar-refractivity contribution in [2.45, 2.75) is 0 Å². The summed E-state index contributed by atoms with van der Waals surface area (Å²) in [5.41, 5.74) is 1.92. The van der Waals surface area contributed by atoms with E-state index in [1.54, 1.807) is 36.4 Å². The zero-order chi connectivity index (χ0) is 18.5. The first-order chi connectivity index (χ1) is 12.5. The van der Waals surface area contributed by atoms with Crippen LogP contribution >= 0.6 is 12.2 Å². The van der Waals surface area contributed by atoms with Crippen molar-refractivity contribution in [2.75, 3.05) is 5.32 Å². The van der Waals surface area contributed by atoms with Crippen LogP contribution in [-0.4, -0.2) is 22.1 Å². The van der Waals surface area contributed by atoms with Crippen molar-refractivity contribution in [3.8, 4) is 0 Å². The van der Waals surface area contributed by atoms with Gasteiger partial charge in [-0.1, -0.05) is 30.3 Å². The lowest BCUT2D eigenvalue weighted by Crippen LogP contribution is -2.33. The first-order valence-corrected chi connectivity index (χ1v) is 8.04. The molecule has 26 heavy (non-hydrogen) atoms. The van der Waals surface area contributed by atoms with E-state index in [9.17, 15) is 9.59 Å². The number of carbonyl (C=O) groups is 2. The highest BCUT2D eigenvalue weighted by atomic mass is 32.1. The van der Waals surface area contributed by atoms with Gasteiger partial charge in [0.15, 0.2) is 10.9 Å². The van der Waals surface area contributed by atoms with Crippen molar-refractivity contribution in [1.82, 2.24) is 5.32 Å². The summed E-state index contributed by atoms with van der Waals surface area (Å²) in [6.45, 7) is 0. The van der Waals surface area contributed by atoms with Crippen LogP contribution in [0.15, 0.2) is 65.1 Å². The molecule has 1 amide bonds. The van der Waals surface area contributed by atoms with E-state index in [1.165, 1.54) is 6.08 Å². The number of benzene rings is 2. The summed E-state index contributed by atoms with van der Waals surface area (Å²) in [5.74, 6) is -1.33. The lowest BCUT2D eigenvalue weighted by Gasteiger charge is -2.09. The van der Waals surface area contributed by atoms with Gasteiger partial charge in [-0.15, -0.1) is 0 Å². The molecule has 1 heterocycles. The summed E-state index contributed by atoms with van der Waals surface area (Å²) < 4.78 is 5.49. The van der Waals surface area contributed by atoms with Crippen molar-refractivity contribution < 1.29 is 19.1 Å². The predicted molar refractivity (Wildman–Crippen MR) is 103 cm³/mol. The van der Waals surface area contributed by atoms with Crippen molar-refractivity contribution in [1.29, 1.82) is 0 Å². The second-order valence-corrected chi connectivity index (χ2v) is 5.76. The largest absolute Gasteiger partial charge is 0.478 e. The van der Waals surface area contributed by atoms with Crippen molar-refractivity contribution in [2.24, 2.45) is 0 Å². The van der Waals surface area contributed by atoms with Crippen LogP contribution in [0.4, 0.5) is 5.69 Å². The van der Waals surface area contributed by atoms with Crippen LogP contribution in [0.25, 0.3) is 17.0 Å². The Bertz CT molecular complexity index is 990. The molecular weight excluding hydrogens is 352 g/mol. The van der Waals surface area contributed by atoms with Crippen LogP contribution in [-0.2, 0) is 4.79 Å². The SMILES string of the molecule is O=C(O)/C=C/c1cccc(NC(=S)NC(=O)c2cc3ccccc3o2)c1. The van der Waals surface area contributed by atoms with Gasteiger partial charge >= 0.3 is 5.97 Å². The van der Waals surface area contributed by atoms with Crippen LogP contribution < -0.4 is 10.6 Å². The predicted octanol–water partition coefficient (Wildman–Crippen LogP) is 3.66. The molecule has 0 aliphatic rings. The third-order valence-corrected chi connectivity index (χ3v) is 3.64. The molecule has 0 saturated carbocycles. The molecule has 2 aromatic carbocycles. The topological polar surface area (TPSA) is 91.6 Å². The van der Waals surface area contributed by atoms with Gasteiger partial charge in [-0.3, -0.25) is 10.1 Å². The molecule has 0 radical (unpaired) electrons. The van der Waals surface area contributed by atoms with Gasteiger partial charge in [0.2, 0.25) is 0 Å². The third kappa shape index (κ3) is 4.34. The normalized spacial score (nSPS) is 10.8. The molecule has 6 nitrogen and oxygen atoms in total. The monoisotopic (exact) mass is 366 g/mol. The van der Waals surface area contributed by atoms with Gasteiger partial charge in [-0.25, -0.2) is 4.79 Å². The number of anilines is 1. The Labute approximate surface area is 154 Å². The maximum atomic E-state index is 12.3. The van der Waals surface area contributed by atoms with Gasteiger partial charge in [0.05, 0.1) is 0 Å². The van der Waals surface area contributed by atoms with Gasteiger partial charge in [0.1, 0.15) is 5.58 Å². The second-order valence-electron chi connectivity index (χ2n) is 5.35. The summed E-state index contributed by atoms with van der Waals surface area (Å²) in [6.07, 6.45) is 2.50. The lowest BCUT2D eigenvalue weighted by atomic mass is 10.2. The van der Waals surface area contributed by atoms with Gasteiger partial charge < -0.3 is 14.8 Å². The molecule has 0 spiro atoms. The summed E-state index contributed by atoms with van der Waals surface area (Å²) >= 11 is 5.15. The summed E-state index contributed by atoms with van der Waals surface area (Å²) in [6, 6.07) is 15.9. The quantitative estimate of drug-likeness (QED) is 0.482. The number of carboxylic acids is 1. The van der Waals surface area contributed by atoms with E-state index in [2.05, 4.69) is 10.6 Å². The van der Waals surface area contributed by atoms with E-state index in [1.807, 2.05) is 18.2 Å². The number of fused-ring (bicyclic) bond motifs is 1. The minimum Gasteiger partial charge on any atom is -0.478 e. The highest BCUT2D eigenvalue weighted by Gasteiger charge is 2.13. The Morgan fingerprint density at radius 2 is 1.88 bits per heavy atom. The van der Waals surface area contributed by atoms with Gasteiger partial charge in [-0.2, -0.15) is 0 Å². The average Bonchev–Trinajstić information content (AvgIpc) is 3.04. The third-order valence-electron chi connectivity index (χ3n) is 3.44. The number of para-hydroxylation sites is 1. The van der Waals surface area contributed by atoms with Crippen molar-refractivity contribution in [3.63, 3.8) is 0 Å². The van der Waals surface area contributed by atoms with E-state index >= 15 is 0 Å². The molecule has 3 N–H and O–H groups in total. The number of carboxylic acid groups (broad SMARTS) is 1. The number of nitrogens with one attached hydrogen (secondary N) is 2. The number of hydrogen-bond donors (Lipinski definition) is 3. The van der Waals surface area contributed by atoms with Crippen LogP contribution in [0.5, 0.6) is 0 Å². The standard InChI is InChI=1S/C19H14N2O4S/c22-17(23)9-8-12-4-3-6-14(10-12)20-19(26)21-18(24)16-11-13-5-1-2-7-15(13)25-16/h1-11H,(H,22,23)(H2,20,21,24,26)/b9-8+. The Kier molecular flexibility index (Phi) is 5.09. The Balaban J connectivity index is 1.65. The molecule has 3 rings (SSSR count). The second kappa shape index (κ2) is 7.62. The molecule has 1 aromatic heterocycles. The Morgan fingerprint density at radius 1 is 1.08 bits per heavy atom. The molecule has 0 aliphatic carbocycles. The molecule has 0 aliphatic heterocycles. The van der Waals surface area contributed by atoms with Crippen molar-refractivity contribution in [3.05, 3.63) is 72.0 Å². The maximum absolute atomic E-state index is 12.3. The van der Waals surface area contributed by atoms with E-state index in [0.29, 0.717) is 16.8 Å². The van der Waals surface area contributed by atoms with E-state index in [4.69, 9.17) is 21.7 Å². The summed E-state index contributed by atoms with van der Waals surface area (Å²) in [5, 5.41) is 15.0. The van der Waals surface area contributed by atoms with Gasteiger partial charge in [0.25, 0.3) is 5.91 Å². The Hall–Kier alpha value is -3.45. The number of rotatable bonds is 4.